The maximum absolute atomic E-state index is 12.3. The first kappa shape index (κ1) is 16.9. The van der Waals surface area contributed by atoms with Crippen LogP contribution in [0.1, 0.15) is 10.4 Å². The van der Waals surface area contributed by atoms with Crippen molar-refractivity contribution in [2.75, 3.05) is 4.72 Å². The minimum absolute atomic E-state index is 0.146. The maximum atomic E-state index is 12.3. The minimum atomic E-state index is -4.17. The number of anilines is 1. The molecule has 23 heavy (non-hydrogen) atoms. The van der Waals surface area contributed by atoms with Crippen LogP contribution in [0.15, 0.2) is 51.8 Å². The number of halogens is 1. The Labute approximate surface area is 139 Å². The number of amides is 1. The summed E-state index contributed by atoms with van der Waals surface area (Å²) in [7, 11) is -4.17. The summed E-state index contributed by atoms with van der Waals surface area (Å²) in [5.74, 6) is -0.650. The Balaban J connectivity index is 2.39. The molecule has 2 aromatic rings. The van der Waals surface area contributed by atoms with E-state index >= 15 is 0 Å². The molecule has 10 heteroatoms. The van der Waals surface area contributed by atoms with Gasteiger partial charge in [-0.25, -0.2) is 8.42 Å². The molecular formula is C13H10BrN3O5S. The predicted octanol–water partition coefficient (Wildman–Crippen LogP) is 2.26. The Morgan fingerprint density at radius 1 is 1.17 bits per heavy atom. The van der Waals surface area contributed by atoms with Crippen molar-refractivity contribution in [2.24, 2.45) is 5.73 Å². The Bertz CT molecular complexity index is 881. The summed E-state index contributed by atoms with van der Waals surface area (Å²) < 4.78 is 27.3. The van der Waals surface area contributed by atoms with E-state index in [1.807, 2.05) is 0 Å². The van der Waals surface area contributed by atoms with Gasteiger partial charge in [0.15, 0.2) is 4.90 Å². The maximum Gasteiger partial charge on any atom is 0.291 e. The van der Waals surface area contributed by atoms with Gasteiger partial charge < -0.3 is 5.73 Å². The number of nitrogens with one attached hydrogen (secondary N) is 1. The van der Waals surface area contributed by atoms with Crippen LogP contribution >= 0.6 is 15.9 Å². The lowest BCUT2D eigenvalue weighted by Crippen LogP contribution is -2.15. The molecule has 0 saturated heterocycles. The summed E-state index contributed by atoms with van der Waals surface area (Å²) in [5.41, 5.74) is 4.89. The number of sulfonamides is 1. The van der Waals surface area contributed by atoms with E-state index in [-0.39, 0.29) is 11.3 Å². The van der Waals surface area contributed by atoms with E-state index in [4.69, 9.17) is 5.73 Å². The Hall–Kier alpha value is -2.46. The summed E-state index contributed by atoms with van der Waals surface area (Å²) in [6.45, 7) is 0. The number of carbonyl (C=O) groups excluding carboxylic acids is 1. The van der Waals surface area contributed by atoms with Crippen LogP contribution in [0.5, 0.6) is 0 Å². The predicted molar refractivity (Wildman–Crippen MR) is 86.6 cm³/mol. The summed E-state index contributed by atoms with van der Waals surface area (Å²) in [6, 6.07) is 8.97. The van der Waals surface area contributed by atoms with Crippen molar-refractivity contribution in [3.8, 4) is 0 Å². The van der Waals surface area contributed by atoms with E-state index in [0.717, 1.165) is 12.1 Å². The number of hydrogen-bond donors (Lipinski definition) is 2. The van der Waals surface area contributed by atoms with E-state index in [9.17, 15) is 23.3 Å². The van der Waals surface area contributed by atoms with Gasteiger partial charge in [0.2, 0.25) is 5.91 Å². The van der Waals surface area contributed by atoms with Crippen molar-refractivity contribution in [1.29, 1.82) is 0 Å². The van der Waals surface area contributed by atoms with Gasteiger partial charge in [0, 0.05) is 21.8 Å². The van der Waals surface area contributed by atoms with Crippen molar-refractivity contribution in [2.45, 2.75) is 4.90 Å². The SMILES string of the molecule is NC(=O)c1ccc(NS(=O)(=O)c2ccc(Br)cc2[N+](=O)[O-])cc1. The average molecular weight is 400 g/mol. The van der Waals surface area contributed by atoms with Crippen LogP contribution in [0.3, 0.4) is 0 Å². The fourth-order valence-corrected chi connectivity index (χ4v) is 3.33. The molecule has 0 aliphatic rings. The number of nitro benzene ring substituents is 1. The molecule has 0 aliphatic heterocycles. The topological polar surface area (TPSA) is 132 Å². The number of nitrogens with zero attached hydrogens (tertiary/aromatic N) is 1. The molecule has 120 valence electrons. The first-order valence-corrected chi connectivity index (χ1v) is 8.35. The highest BCUT2D eigenvalue weighted by Crippen LogP contribution is 2.28. The summed E-state index contributed by atoms with van der Waals surface area (Å²) in [6.07, 6.45) is 0. The molecule has 0 unspecified atom stereocenters. The lowest BCUT2D eigenvalue weighted by molar-refractivity contribution is -0.387. The largest absolute Gasteiger partial charge is 0.366 e. The second-order valence-electron chi connectivity index (χ2n) is 4.42. The Morgan fingerprint density at radius 3 is 2.30 bits per heavy atom. The zero-order valence-electron chi connectivity index (χ0n) is 11.4. The molecule has 0 radical (unpaired) electrons. The first-order valence-electron chi connectivity index (χ1n) is 6.07. The summed E-state index contributed by atoms with van der Waals surface area (Å²) in [4.78, 5) is 20.8. The number of carbonyl (C=O) groups is 1. The van der Waals surface area contributed by atoms with Crippen molar-refractivity contribution >= 4 is 43.2 Å². The molecule has 0 atom stereocenters. The third-order valence-electron chi connectivity index (χ3n) is 2.83. The highest BCUT2D eigenvalue weighted by Gasteiger charge is 2.26. The molecule has 2 aromatic carbocycles. The van der Waals surface area contributed by atoms with Gasteiger partial charge in [-0.15, -0.1) is 0 Å². The lowest BCUT2D eigenvalue weighted by atomic mass is 10.2. The third-order valence-corrected chi connectivity index (χ3v) is 4.75. The summed E-state index contributed by atoms with van der Waals surface area (Å²) >= 11 is 3.06. The standard InChI is InChI=1S/C13H10BrN3O5S/c14-9-3-6-12(11(7-9)17(19)20)23(21,22)16-10-4-1-8(2-5-10)13(15)18/h1-7,16H,(H2,15,18). The van der Waals surface area contributed by atoms with E-state index in [1.54, 1.807) is 0 Å². The van der Waals surface area contributed by atoms with Gasteiger partial charge in [0.25, 0.3) is 15.7 Å². The zero-order chi connectivity index (χ0) is 17.2. The molecule has 0 heterocycles. The van der Waals surface area contributed by atoms with Gasteiger partial charge in [-0.3, -0.25) is 19.6 Å². The number of primary amides is 1. The molecule has 3 N–H and O–H groups in total. The lowest BCUT2D eigenvalue weighted by Gasteiger charge is -2.09. The van der Waals surface area contributed by atoms with E-state index in [0.29, 0.717) is 4.47 Å². The average Bonchev–Trinajstić information content (AvgIpc) is 2.46. The molecular weight excluding hydrogens is 390 g/mol. The van der Waals surface area contributed by atoms with Crippen LogP contribution in [0, 0.1) is 10.1 Å². The number of rotatable bonds is 5. The van der Waals surface area contributed by atoms with Crippen LogP contribution in [0.4, 0.5) is 11.4 Å². The van der Waals surface area contributed by atoms with Crippen molar-refractivity contribution < 1.29 is 18.1 Å². The minimum Gasteiger partial charge on any atom is -0.366 e. The fraction of sp³-hybridized carbons (Fsp3) is 0. The highest BCUT2D eigenvalue weighted by molar-refractivity contribution is 9.10. The molecule has 0 bridgehead atoms. The Morgan fingerprint density at radius 2 is 1.78 bits per heavy atom. The number of benzene rings is 2. The van der Waals surface area contributed by atoms with Gasteiger partial charge in [-0.1, -0.05) is 15.9 Å². The van der Waals surface area contributed by atoms with Crippen LogP contribution in [-0.2, 0) is 10.0 Å². The fourth-order valence-electron chi connectivity index (χ4n) is 1.77. The first-order chi connectivity index (χ1) is 10.7. The quantitative estimate of drug-likeness (QED) is 0.587. The molecule has 0 saturated carbocycles. The molecule has 2 rings (SSSR count). The smallest absolute Gasteiger partial charge is 0.291 e. The summed E-state index contributed by atoms with van der Waals surface area (Å²) in [5, 5.41) is 11.0. The van der Waals surface area contributed by atoms with Crippen LogP contribution < -0.4 is 10.5 Å². The van der Waals surface area contributed by atoms with Gasteiger partial charge in [-0.2, -0.15) is 0 Å². The highest BCUT2D eigenvalue weighted by atomic mass is 79.9. The third kappa shape index (κ3) is 3.85. The van der Waals surface area contributed by atoms with Crippen LogP contribution in [0.2, 0.25) is 0 Å². The van der Waals surface area contributed by atoms with E-state index in [2.05, 4.69) is 20.7 Å². The molecule has 8 nitrogen and oxygen atoms in total. The zero-order valence-corrected chi connectivity index (χ0v) is 13.8. The van der Waals surface area contributed by atoms with Gasteiger partial charge in [-0.05, 0) is 36.4 Å². The number of nitro groups is 1. The monoisotopic (exact) mass is 399 g/mol. The van der Waals surface area contributed by atoms with Crippen molar-refractivity contribution in [1.82, 2.24) is 0 Å². The second-order valence-corrected chi connectivity index (χ2v) is 6.98. The molecule has 0 aliphatic carbocycles. The van der Waals surface area contributed by atoms with Crippen molar-refractivity contribution in [3.63, 3.8) is 0 Å². The van der Waals surface area contributed by atoms with Gasteiger partial charge in [0.1, 0.15) is 0 Å². The van der Waals surface area contributed by atoms with Gasteiger partial charge >= 0.3 is 0 Å². The molecule has 1 amide bonds. The van der Waals surface area contributed by atoms with Crippen LogP contribution in [-0.4, -0.2) is 19.2 Å². The van der Waals surface area contributed by atoms with Crippen LogP contribution in [0.25, 0.3) is 0 Å². The number of nitrogens with two attached hydrogens (primary N) is 1. The number of hydrogen-bond acceptors (Lipinski definition) is 5. The molecule has 0 aromatic heterocycles. The van der Waals surface area contributed by atoms with Gasteiger partial charge in [0.05, 0.1) is 4.92 Å². The van der Waals surface area contributed by atoms with E-state index in [1.165, 1.54) is 30.3 Å². The Kier molecular flexibility index (Phi) is 4.66. The second kappa shape index (κ2) is 6.34. The normalized spacial score (nSPS) is 11.0. The molecule has 0 fully saturated rings. The molecule has 0 spiro atoms. The van der Waals surface area contributed by atoms with E-state index < -0.39 is 31.4 Å². The van der Waals surface area contributed by atoms with Crippen molar-refractivity contribution in [3.05, 3.63) is 62.6 Å².